The van der Waals surface area contributed by atoms with Crippen molar-refractivity contribution >= 4 is 11.2 Å². The van der Waals surface area contributed by atoms with Crippen LogP contribution in [0.25, 0.3) is 11.2 Å². The number of H-pyrrole nitrogens is 3. The Morgan fingerprint density at radius 3 is 2.62 bits per heavy atom. The maximum atomic E-state index is 11.0. The van der Waals surface area contributed by atoms with E-state index < -0.39 is 16.9 Å². The van der Waals surface area contributed by atoms with Crippen molar-refractivity contribution in [3.8, 4) is 0 Å². The van der Waals surface area contributed by atoms with Crippen LogP contribution in [0.4, 0.5) is 0 Å². The van der Waals surface area contributed by atoms with Gasteiger partial charge in [-0.15, -0.1) is 0 Å². The van der Waals surface area contributed by atoms with Crippen molar-refractivity contribution in [2.45, 2.75) is 0 Å². The van der Waals surface area contributed by atoms with Gasteiger partial charge in [0.25, 0.3) is 5.56 Å². The van der Waals surface area contributed by atoms with E-state index in [1.807, 2.05) is 10.1 Å². The van der Waals surface area contributed by atoms with E-state index in [9.17, 15) is 14.4 Å². The molecule has 66 valence electrons. The lowest BCUT2D eigenvalue weighted by Crippen LogP contribution is -2.26. The lowest BCUT2D eigenvalue weighted by Gasteiger charge is -1.90. The minimum atomic E-state index is -0.728. The van der Waals surface area contributed by atoms with Gasteiger partial charge in [-0.05, 0) is 0 Å². The Labute approximate surface area is 68.7 Å². The van der Waals surface area contributed by atoms with Gasteiger partial charge < -0.3 is 0 Å². The maximum absolute atomic E-state index is 11.0. The van der Waals surface area contributed by atoms with Crippen molar-refractivity contribution in [3.63, 3.8) is 0 Å². The van der Waals surface area contributed by atoms with E-state index in [2.05, 4.69) is 15.1 Å². The van der Waals surface area contributed by atoms with Gasteiger partial charge in [0, 0.05) is 0 Å². The molecule has 0 aliphatic heterocycles. The van der Waals surface area contributed by atoms with Gasteiger partial charge in [0.2, 0.25) is 0 Å². The fourth-order valence-electron chi connectivity index (χ4n) is 0.883. The summed E-state index contributed by atoms with van der Waals surface area (Å²) in [7, 11) is 0. The van der Waals surface area contributed by atoms with Crippen LogP contribution in [0.3, 0.4) is 0 Å². The Morgan fingerprint density at radius 1 is 1.08 bits per heavy atom. The van der Waals surface area contributed by atoms with Crippen molar-refractivity contribution in [2.24, 2.45) is 0 Å². The molecule has 0 radical (unpaired) electrons. The maximum Gasteiger partial charge on any atom is 0.363 e. The zero-order chi connectivity index (χ0) is 9.42. The predicted molar refractivity (Wildman–Crippen MR) is 41.4 cm³/mol. The number of hydrogen-bond donors (Lipinski definition) is 3. The summed E-state index contributed by atoms with van der Waals surface area (Å²) in [6.07, 6.45) is 0. The SMILES string of the molecule is O=c1nc2[nH]c(=O)[nH]c(=O)c2n[nH]1. The third kappa shape index (κ3) is 1.13. The van der Waals surface area contributed by atoms with Crippen LogP contribution in [-0.2, 0) is 0 Å². The molecule has 0 fully saturated rings. The van der Waals surface area contributed by atoms with E-state index in [4.69, 9.17) is 0 Å². The quantitative estimate of drug-likeness (QED) is 0.421. The van der Waals surface area contributed by atoms with Crippen LogP contribution in [0.15, 0.2) is 14.4 Å². The molecule has 2 aromatic rings. The second-order valence-electron chi connectivity index (χ2n) is 2.25. The zero-order valence-electron chi connectivity index (χ0n) is 6.12. The lowest BCUT2D eigenvalue weighted by molar-refractivity contribution is 0.923. The molecule has 3 N–H and O–H groups in total. The van der Waals surface area contributed by atoms with Crippen LogP contribution in [0.1, 0.15) is 0 Å². The first-order chi connectivity index (χ1) is 6.16. The highest BCUT2D eigenvalue weighted by atomic mass is 16.2. The number of rotatable bonds is 0. The first kappa shape index (κ1) is 7.40. The second-order valence-corrected chi connectivity index (χ2v) is 2.25. The first-order valence-corrected chi connectivity index (χ1v) is 3.26. The van der Waals surface area contributed by atoms with E-state index >= 15 is 0 Å². The van der Waals surface area contributed by atoms with E-state index in [1.165, 1.54) is 0 Å². The van der Waals surface area contributed by atoms with Gasteiger partial charge >= 0.3 is 11.4 Å². The van der Waals surface area contributed by atoms with Gasteiger partial charge in [-0.2, -0.15) is 10.1 Å². The summed E-state index contributed by atoms with van der Waals surface area (Å²) in [5.74, 6) is 0. The number of hydrogen-bond acceptors (Lipinski definition) is 5. The monoisotopic (exact) mass is 181 g/mol. The molecular weight excluding hydrogens is 178 g/mol. The Bertz CT molecular complexity index is 615. The fraction of sp³-hybridized carbons (Fsp3) is 0. The molecule has 2 heterocycles. The fourth-order valence-corrected chi connectivity index (χ4v) is 0.883. The Hall–Kier alpha value is -2.25. The molecule has 0 aromatic carbocycles. The highest BCUT2D eigenvalue weighted by Gasteiger charge is 2.02. The van der Waals surface area contributed by atoms with Gasteiger partial charge in [0.1, 0.15) is 0 Å². The van der Waals surface area contributed by atoms with Crippen molar-refractivity contribution in [1.29, 1.82) is 0 Å². The van der Waals surface area contributed by atoms with Gasteiger partial charge in [-0.25, -0.2) is 14.7 Å². The molecule has 0 amide bonds. The molecule has 0 spiro atoms. The molecule has 2 rings (SSSR count). The molecule has 8 heteroatoms. The van der Waals surface area contributed by atoms with Gasteiger partial charge in [-0.3, -0.25) is 14.8 Å². The van der Waals surface area contributed by atoms with Crippen molar-refractivity contribution < 1.29 is 0 Å². The Kier molecular flexibility index (Phi) is 1.35. The summed E-state index contributed by atoms with van der Waals surface area (Å²) in [6.45, 7) is 0. The minimum Gasteiger partial charge on any atom is -0.290 e. The van der Waals surface area contributed by atoms with E-state index in [0.29, 0.717) is 0 Å². The molecule has 0 bridgehead atoms. The van der Waals surface area contributed by atoms with Crippen LogP contribution >= 0.6 is 0 Å². The van der Waals surface area contributed by atoms with Gasteiger partial charge in [-0.1, -0.05) is 0 Å². The van der Waals surface area contributed by atoms with Gasteiger partial charge in [0.05, 0.1) is 0 Å². The van der Waals surface area contributed by atoms with Crippen LogP contribution in [0.2, 0.25) is 0 Å². The Balaban J connectivity index is 3.12. The molecule has 0 atom stereocenters. The highest BCUT2D eigenvalue weighted by molar-refractivity contribution is 5.65. The van der Waals surface area contributed by atoms with E-state index in [-0.39, 0.29) is 11.2 Å². The minimum absolute atomic E-state index is 0.112. The number of nitrogens with zero attached hydrogens (tertiary/aromatic N) is 2. The molecule has 2 aromatic heterocycles. The normalized spacial score (nSPS) is 10.5. The largest absolute Gasteiger partial charge is 0.363 e. The average molecular weight is 181 g/mol. The van der Waals surface area contributed by atoms with Crippen molar-refractivity contribution in [2.75, 3.05) is 0 Å². The van der Waals surface area contributed by atoms with E-state index in [1.54, 1.807) is 0 Å². The molecule has 0 aliphatic carbocycles. The third-order valence-corrected chi connectivity index (χ3v) is 1.38. The molecule has 0 saturated heterocycles. The Morgan fingerprint density at radius 2 is 1.85 bits per heavy atom. The van der Waals surface area contributed by atoms with Gasteiger partial charge in [0.15, 0.2) is 11.2 Å². The number of aromatic amines is 3. The number of aromatic nitrogens is 5. The molecule has 0 aliphatic rings. The van der Waals surface area contributed by atoms with Crippen molar-refractivity contribution in [3.05, 3.63) is 31.3 Å². The molecular formula is C5H3N5O3. The lowest BCUT2D eigenvalue weighted by atomic mass is 10.5. The van der Waals surface area contributed by atoms with Crippen LogP contribution < -0.4 is 16.9 Å². The number of nitrogens with one attached hydrogen (secondary N) is 3. The van der Waals surface area contributed by atoms with Crippen LogP contribution in [-0.4, -0.2) is 25.1 Å². The molecule has 13 heavy (non-hydrogen) atoms. The summed E-state index contributed by atoms with van der Waals surface area (Å²) >= 11 is 0. The predicted octanol–water partition coefficient (Wildman–Crippen LogP) is -2.31. The molecule has 0 saturated carbocycles. The highest BCUT2D eigenvalue weighted by Crippen LogP contribution is 1.87. The first-order valence-electron chi connectivity index (χ1n) is 3.26. The van der Waals surface area contributed by atoms with Crippen LogP contribution in [0.5, 0.6) is 0 Å². The van der Waals surface area contributed by atoms with E-state index in [0.717, 1.165) is 0 Å². The summed E-state index contributed by atoms with van der Waals surface area (Å²) in [5.41, 5.74) is -2.38. The zero-order valence-corrected chi connectivity index (χ0v) is 6.12. The third-order valence-electron chi connectivity index (χ3n) is 1.38. The topological polar surface area (TPSA) is 124 Å². The second kappa shape index (κ2) is 2.37. The standard InChI is InChI=1S/C5H3N5O3/c11-3-1-2(6-4(12)8-3)7-5(13)10-9-1/h(H3,6,7,8,10,11,12,13). The molecule has 8 nitrogen and oxygen atoms in total. The summed E-state index contributed by atoms with van der Waals surface area (Å²) < 4.78 is 0. The molecule has 0 unspecified atom stereocenters. The average Bonchev–Trinajstić information content (AvgIpc) is 2.02. The van der Waals surface area contributed by atoms with Crippen molar-refractivity contribution in [1.82, 2.24) is 25.1 Å². The number of fused-ring (bicyclic) bond motifs is 1. The summed E-state index contributed by atoms with van der Waals surface area (Å²) in [5, 5.41) is 5.38. The van der Waals surface area contributed by atoms with Crippen LogP contribution in [0, 0.1) is 0 Å². The summed E-state index contributed by atoms with van der Waals surface area (Å²) in [6, 6.07) is 0. The smallest absolute Gasteiger partial charge is 0.290 e. The summed E-state index contributed by atoms with van der Waals surface area (Å²) in [4.78, 5) is 39.8.